The van der Waals surface area contributed by atoms with E-state index in [-0.39, 0.29) is 36.0 Å². The molecule has 0 bridgehead atoms. The monoisotopic (exact) mass is 750 g/mol. The SMILES string of the molecule is CC[Si](CC)(CCCCc1ccc(C)cc1)c1ccc(C[C@H](NC(=O)[C@H](CC(C)C)N(C)C(=O)[C@@H](NC(=O)[C@@H](C)CC(C)C)C(C)C)C(=O)OC)cc1. The van der Waals surface area contributed by atoms with E-state index in [1.807, 2.05) is 34.6 Å². The van der Waals surface area contributed by atoms with Gasteiger partial charge in [-0.15, -0.1) is 0 Å². The van der Waals surface area contributed by atoms with E-state index in [2.05, 4.69) is 93.8 Å². The molecular weight excluding hydrogens is 679 g/mol. The Hall–Kier alpha value is -3.46. The lowest BCUT2D eigenvalue weighted by Gasteiger charge is -2.34. The Bertz CT molecular complexity index is 1440. The summed E-state index contributed by atoms with van der Waals surface area (Å²) in [6.07, 6.45) is 4.87. The van der Waals surface area contributed by atoms with Gasteiger partial charge in [0.25, 0.3) is 0 Å². The molecule has 0 saturated heterocycles. The van der Waals surface area contributed by atoms with Crippen molar-refractivity contribution < 1.29 is 23.9 Å². The highest BCUT2D eigenvalue weighted by atomic mass is 28.3. The van der Waals surface area contributed by atoms with Crippen molar-refractivity contribution in [2.24, 2.45) is 23.7 Å². The molecule has 8 nitrogen and oxygen atoms in total. The lowest BCUT2D eigenvalue weighted by Crippen LogP contribution is -2.58. The zero-order chi connectivity index (χ0) is 39.9. The molecule has 4 atom stereocenters. The summed E-state index contributed by atoms with van der Waals surface area (Å²) in [4.78, 5) is 55.5. The lowest BCUT2D eigenvalue weighted by atomic mass is 9.95. The Balaban J connectivity index is 2.21. The van der Waals surface area contributed by atoms with Gasteiger partial charge in [-0.2, -0.15) is 0 Å². The van der Waals surface area contributed by atoms with Crippen molar-refractivity contribution >= 4 is 37.0 Å². The molecule has 0 heterocycles. The zero-order valence-electron chi connectivity index (χ0n) is 35.0. The van der Waals surface area contributed by atoms with Gasteiger partial charge < -0.3 is 20.3 Å². The molecule has 3 amide bonds. The van der Waals surface area contributed by atoms with Gasteiger partial charge in [0.2, 0.25) is 17.7 Å². The quantitative estimate of drug-likeness (QED) is 0.0733. The highest BCUT2D eigenvalue weighted by molar-refractivity contribution is 6.91. The van der Waals surface area contributed by atoms with Crippen molar-refractivity contribution in [2.75, 3.05) is 14.2 Å². The van der Waals surface area contributed by atoms with Crippen LogP contribution in [0.2, 0.25) is 18.1 Å². The summed E-state index contributed by atoms with van der Waals surface area (Å²) in [5.74, 6) is -1.44. The number of rotatable bonds is 22. The van der Waals surface area contributed by atoms with Gasteiger partial charge in [0, 0.05) is 19.4 Å². The standard InChI is InChI=1S/C44H71N3O5Si/c1-13-53(14-2,26-16-15-17-35-20-18-33(9)19-21-35)37-24-22-36(23-25-37)29-38(44(51)52-12)45-42(49)39(28-31(5)6)47(11)43(50)40(32(7)8)46-41(48)34(10)27-30(3)4/h18-25,30-32,34,38-40H,13-17,26-29H2,1-12H3,(H,45,49)(H,46,48)/t34-,38-,39-,40-/m0/s1. The number of carbonyl (C=O) groups is 4. The van der Waals surface area contributed by atoms with Crippen LogP contribution in [0.15, 0.2) is 48.5 Å². The first-order valence-corrected chi connectivity index (χ1v) is 22.7. The molecule has 0 unspecified atom stereocenters. The molecule has 0 saturated carbocycles. The van der Waals surface area contributed by atoms with E-state index in [0.29, 0.717) is 18.8 Å². The number of esters is 1. The van der Waals surface area contributed by atoms with Gasteiger partial charge in [0.15, 0.2) is 0 Å². The Kier molecular flexibility index (Phi) is 19.0. The molecule has 2 aromatic rings. The van der Waals surface area contributed by atoms with E-state index in [0.717, 1.165) is 12.0 Å². The number of nitrogens with one attached hydrogen (secondary N) is 2. The normalized spacial score (nSPS) is 14.1. The van der Waals surface area contributed by atoms with Crippen molar-refractivity contribution in [2.45, 2.75) is 144 Å². The number of benzene rings is 2. The van der Waals surface area contributed by atoms with Crippen molar-refractivity contribution in [3.8, 4) is 0 Å². The predicted molar refractivity (Wildman–Crippen MR) is 221 cm³/mol. The molecule has 9 heteroatoms. The number of ether oxygens (including phenoxy) is 1. The molecule has 0 aliphatic heterocycles. The molecule has 0 aliphatic carbocycles. The van der Waals surface area contributed by atoms with Crippen LogP contribution in [-0.4, -0.2) is 68.9 Å². The first kappa shape index (κ1) is 45.7. The number of nitrogens with zero attached hydrogens (tertiary/aromatic N) is 1. The zero-order valence-corrected chi connectivity index (χ0v) is 36.0. The van der Waals surface area contributed by atoms with E-state index < -0.39 is 38.1 Å². The van der Waals surface area contributed by atoms with Crippen LogP contribution < -0.4 is 15.8 Å². The highest BCUT2D eigenvalue weighted by Crippen LogP contribution is 2.25. The smallest absolute Gasteiger partial charge is 0.328 e. The molecule has 296 valence electrons. The summed E-state index contributed by atoms with van der Waals surface area (Å²) in [6, 6.07) is 18.6. The summed E-state index contributed by atoms with van der Waals surface area (Å²) in [6.45, 7) is 20.5. The van der Waals surface area contributed by atoms with Gasteiger partial charge in [-0.3, -0.25) is 14.4 Å². The molecular formula is C44H71N3O5Si. The fourth-order valence-corrected chi connectivity index (χ4v) is 11.5. The number of carbonyl (C=O) groups excluding carboxylic acids is 4. The number of aryl methyl sites for hydroxylation is 2. The Morgan fingerprint density at radius 1 is 0.755 bits per heavy atom. The van der Waals surface area contributed by atoms with Crippen molar-refractivity contribution in [1.82, 2.24) is 15.5 Å². The molecule has 0 radical (unpaired) electrons. The van der Waals surface area contributed by atoms with E-state index in [1.165, 1.54) is 59.3 Å². The van der Waals surface area contributed by atoms with Crippen LogP contribution in [0.25, 0.3) is 0 Å². The topological polar surface area (TPSA) is 105 Å². The van der Waals surface area contributed by atoms with E-state index in [1.54, 1.807) is 7.05 Å². The number of amides is 3. The predicted octanol–water partition coefficient (Wildman–Crippen LogP) is 7.61. The van der Waals surface area contributed by atoms with Gasteiger partial charge in [-0.1, -0.05) is 146 Å². The summed E-state index contributed by atoms with van der Waals surface area (Å²) >= 11 is 0. The van der Waals surface area contributed by atoms with Crippen LogP contribution in [0, 0.1) is 30.6 Å². The summed E-state index contributed by atoms with van der Waals surface area (Å²) < 4.78 is 5.15. The third-order valence-corrected chi connectivity index (χ3v) is 16.5. The third-order valence-electron chi connectivity index (χ3n) is 11.0. The highest BCUT2D eigenvalue weighted by Gasteiger charge is 2.36. The first-order chi connectivity index (χ1) is 25.0. The number of methoxy groups -OCH3 is 1. The fraction of sp³-hybridized carbons (Fsp3) is 0.636. The average molecular weight is 750 g/mol. The second kappa shape index (κ2) is 22.0. The second-order valence-electron chi connectivity index (χ2n) is 16.5. The maximum Gasteiger partial charge on any atom is 0.328 e. The molecule has 0 aromatic heterocycles. The molecule has 0 spiro atoms. The lowest BCUT2D eigenvalue weighted by molar-refractivity contribution is -0.147. The summed E-state index contributed by atoms with van der Waals surface area (Å²) in [7, 11) is 1.23. The van der Waals surface area contributed by atoms with Crippen LogP contribution in [0.5, 0.6) is 0 Å². The van der Waals surface area contributed by atoms with Crippen molar-refractivity contribution in [3.05, 3.63) is 65.2 Å². The minimum Gasteiger partial charge on any atom is -0.467 e. The van der Waals surface area contributed by atoms with Gasteiger partial charge in [0.1, 0.15) is 18.1 Å². The summed E-state index contributed by atoms with van der Waals surface area (Å²) in [5.41, 5.74) is 3.62. The first-order valence-electron chi connectivity index (χ1n) is 20.1. The minimum atomic E-state index is -1.71. The maximum atomic E-state index is 14.0. The second-order valence-corrected chi connectivity index (χ2v) is 21.6. The van der Waals surface area contributed by atoms with Crippen LogP contribution >= 0.6 is 0 Å². The van der Waals surface area contributed by atoms with Gasteiger partial charge in [0.05, 0.1) is 15.2 Å². The van der Waals surface area contributed by atoms with E-state index >= 15 is 0 Å². The number of hydrogen-bond acceptors (Lipinski definition) is 5. The summed E-state index contributed by atoms with van der Waals surface area (Å²) in [5, 5.41) is 7.33. The van der Waals surface area contributed by atoms with Crippen LogP contribution in [0.4, 0.5) is 0 Å². The van der Waals surface area contributed by atoms with E-state index in [9.17, 15) is 19.2 Å². The van der Waals surface area contributed by atoms with Crippen LogP contribution in [-0.2, 0) is 36.8 Å². The molecule has 2 aromatic carbocycles. The Labute approximate surface area is 322 Å². The Morgan fingerprint density at radius 3 is 1.83 bits per heavy atom. The number of likely N-dealkylation sites (N-methyl/N-ethyl adjacent to an activating group) is 1. The number of hydrogen-bond donors (Lipinski definition) is 2. The minimum absolute atomic E-state index is 0.0902. The molecule has 53 heavy (non-hydrogen) atoms. The van der Waals surface area contributed by atoms with Gasteiger partial charge >= 0.3 is 5.97 Å². The molecule has 0 fully saturated rings. The maximum absolute atomic E-state index is 14.0. The molecule has 2 N–H and O–H groups in total. The van der Waals surface area contributed by atoms with Crippen molar-refractivity contribution in [3.63, 3.8) is 0 Å². The Morgan fingerprint density at radius 2 is 1.32 bits per heavy atom. The van der Waals surface area contributed by atoms with Crippen LogP contribution in [0.1, 0.15) is 105 Å². The fourth-order valence-electron chi connectivity index (χ4n) is 7.42. The van der Waals surface area contributed by atoms with E-state index in [4.69, 9.17) is 4.74 Å². The van der Waals surface area contributed by atoms with Crippen molar-refractivity contribution in [1.29, 1.82) is 0 Å². The molecule has 0 aliphatic rings. The third kappa shape index (κ3) is 14.0. The van der Waals surface area contributed by atoms with Gasteiger partial charge in [-0.05, 0) is 61.5 Å². The number of unbranched alkanes of at least 4 members (excludes halogenated alkanes) is 1. The average Bonchev–Trinajstić information content (AvgIpc) is 3.12. The largest absolute Gasteiger partial charge is 0.467 e. The molecule has 2 rings (SSSR count). The van der Waals surface area contributed by atoms with Crippen LogP contribution in [0.3, 0.4) is 0 Å². The van der Waals surface area contributed by atoms with Gasteiger partial charge in [-0.25, -0.2) is 4.79 Å².